The average molecular weight is 280 g/mol. The number of allylic oxidation sites excluding steroid dienone is 3. The zero-order chi connectivity index (χ0) is 15.0. The Bertz CT molecular complexity index is 362. The van der Waals surface area contributed by atoms with Gasteiger partial charge in [-0.1, -0.05) is 38.5 Å². The topological polar surface area (TPSA) is 57.1 Å². The highest BCUT2D eigenvalue weighted by Crippen LogP contribution is 2.37. The van der Waals surface area contributed by atoms with E-state index in [1.807, 2.05) is 18.2 Å². The summed E-state index contributed by atoms with van der Waals surface area (Å²) >= 11 is 0. The molecule has 114 valence electrons. The molecule has 0 heterocycles. The van der Waals surface area contributed by atoms with E-state index in [1.54, 1.807) is 0 Å². The Hall–Kier alpha value is -1.06. The molecule has 1 aliphatic rings. The third kappa shape index (κ3) is 4.22. The van der Waals surface area contributed by atoms with Crippen LogP contribution < -0.4 is 5.73 Å². The average Bonchev–Trinajstić information content (AvgIpc) is 2.47. The second-order valence-electron chi connectivity index (χ2n) is 5.69. The highest BCUT2D eigenvalue weighted by molar-refractivity contribution is 5.19. The van der Waals surface area contributed by atoms with Gasteiger partial charge in [-0.25, -0.2) is 0 Å². The molecule has 0 aliphatic heterocycles. The van der Waals surface area contributed by atoms with Gasteiger partial charge in [0.25, 0.3) is 0 Å². The fourth-order valence-corrected chi connectivity index (χ4v) is 2.82. The van der Waals surface area contributed by atoms with Gasteiger partial charge in [-0.3, -0.25) is 0 Å². The van der Waals surface area contributed by atoms with Crippen molar-refractivity contribution < 1.29 is 15.6 Å². The van der Waals surface area contributed by atoms with E-state index in [9.17, 15) is 5.11 Å². The van der Waals surface area contributed by atoms with Gasteiger partial charge in [0.15, 0.2) is 0 Å². The number of quaternary nitrogens is 1. The molecule has 0 saturated carbocycles. The number of hydrogen-bond acceptors (Lipinski definition) is 2. The van der Waals surface area contributed by atoms with Gasteiger partial charge < -0.3 is 15.6 Å². The Labute approximate surface area is 123 Å². The molecular formula is C17H30NO2+. The molecule has 4 N–H and O–H groups in total. The lowest BCUT2D eigenvalue weighted by Gasteiger charge is -2.39. The molecule has 0 radical (unpaired) electrons. The smallest absolute Gasteiger partial charge is 0.0966 e. The second kappa shape index (κ2) is 8.28. The summed E-state index contributed by atoms with van der Waals surface area (Å²) in [6.45, 7) is 9.31. The van der Waals surface area contributed by atoms with Crippen LogP contribution in [0.3, 0.4) is 0 Å². The van der Waals surface area contributed by atoms with Crippen molar-refractivity contribution in [3.63, 3.8) is 0 Å². The maximum absolute atomic E-state index is 11.1. The molecule has 3 heteroatoms. The maximum Gasteiger partial charge on any atom is 0.0966 e. The highest BCUT2D eigenvalue weighted by atomic mass is 16.5. The third-order valence-electron chi connectivity index (χ3n) is 4.24. The summed E-state index contributed by atoms with van der Waals surface area (Å²) in [6.07, 6.45) is 11.4. The summed E-state index contributed by atoms with van der Waals surface area (Å²) in [7, 11) is 0. The number of hydrogen-bond donors (Lipinski definition) is 2. The zero-order valence-electron chi connectivity index (χ0n) is 13.0. The van der Waals surface area contributed by atoms with E-state index in [-0.39, 0.29) is 11.8 Å². The Balaban J connectivity index is 2.72. The molecule has 3 nitrogen and oxygen atoms in total. The van der Waals surface area contributed by atoms with Crippen LogP contribution in [-0.4, -0.2) is 23.9 Å². The minimum Gasteiger partial charge on any atom is -0.498 e. The molecular weight excluding hydrogens is 250 g/mol. The van der Waals surface area contributed by atoms with Crippen molar-refractivity contribution in [2.24, 2.45) is 11.8 Å². The molecule has 3 atom stereocenters. The number of rotatable bonds is 9. The maximum atomic E-state index is 11.1. The van der Waals surface area contributed by atoms with E-state index in [4.69, 9.17) is 4.74 Å². The van der Waals surface area contributed by atoms with Crippen molar-refractivity contribution in [1.82, 2.24) is 0 Å². The Morgan fingerprint density at radius 1 is 1.65 bits per heavy atom. The van der Waals surface area contributed by atoms with Crippen molar-refractivity contribution in [1.29, 1.82) is 0 Å². The van der Waals surface area contributed by atoms with Gasteiger partial charge in [0.05, 0.1) is 24.5 Å². The SMILES string of the molecule is C=CCCOC1=CC=CC(C(O)(CCC)C(C)C[NH3+])C1. The van der Waals surface area contributed by atoms with Crippen molar-refractivity contribution >= 4 is 0 Å². The van der Waals surface area contributed by atoms with Crippen LogP contribution in [0.1, 0.15) is 39.5 Å². The summed E-state index contributed by atoms with van der Waals surface area (Å²) in [5.41, 5.74) is 3.28. The van der Waals surface area contributed by atoms with Crippen LogP contribution in [0.4, 0.5) is 0 Å². The highest BCUT2D eigenvalue weighted by Gasteiger charge is 2.41. The summed E-state index contributed by atoms with van der Waals surface area (Å²) in [6, 6.07) is 0. The first-order valence-corrected chi connectivity index (χ1v) is 7.71. The van der Waals surface area contributed by atoms with Crippen LogP contribution in [0.15, 0.2) is 36.6 Å². The van der Waals surface area contributed by atoms with Gasteiger partial charge in [-0.05, 0) is 18.9 Å². The molecule has 3 unspecified atom stereocenters. The van der Waals surface area contributed by atoms with E-state index in [0.29, 0.717) is 6.61 Å². The van der Waals surface area contributed by atoms with Crippen molar-refractivity contribution in [3.8, 4) is 0 Å². The fraction of sp³-hybridized carbons (Fsp3) is 0.647. The van der Waals surface area contributed by atoms with Gasteiger partial charge in [-0.2, -0.15) is 0 Å². The molecule has 0 saturated heterocycles. The summed E-state index contributed by atoms with van der Waals surface area (Å²) in [4.78, 5) is 0. The lowest BCUT2D eigenvalue weighted by molar-refractivity contribution is -0.388. The van der Waals surface area contributed by atoms with Crippen molar-refractivity contribution in [2.45, 2.75) is 45.1 Å². The normalized spacial score (nSPS) is 22.8. The Morgan fingerprint density at radius 2 is 2.40 bits per heavy atom. The first-order chi connectivity index (χ1) is 9.58. The summed E-state index contributed by atoms with van der Waals surface area (Å²) < 4.78 is 5.75. The van der Waals surface area contributed by atoms with Crippen LogP contribution in [-0.2, 0) is 4.74 Å². The number of ether oxygens (including phenoxy) is 1. The third-order valence-corrected chi connectivity index (χ3v) is 4.24. The number of aliphatic hydroxyl groups is 1. The predicted octanol–water partition coefficient (Wildman–Crippen LogP) is 2.45. The molecule has 0 aromatic carbocycles. The molecule has 0 bridgehead atoms. The van der Waals surface area contributed by atoms with Gasteiger partial charge in [-0.15, -0.1) is 6.58 Å². The first-order valence-electron chi connectivity index (χ1n) is 7.71. The monoisotopic (exact) mass is 280 g/mol. The second-order valence-corrected chi connectivity index (χ2v) is 5.69. The van der Waals surface area contributed by atoms with Gasteiger partial charge in [0.2, 0.25) is 0 Å². The van der Waals surface area contributed by atoms with Crippen molar-refractivity contribution in [2.75, 3.05) is 13.2 Å². The molecule has 0 fully saturated rings. The molecule has 0 aromatic rings. The molecule has 0 amide bonds. The van der Waals surface area contributed by atoms with E-state index in [0.717, 1.165) is 38.0 Å². The van der Waals surface area contributed by atoms with E-state index in [1.165, 1.54) is 0 Å². The lowest BCUT2D eigenvalue weighted by atomic mass is 9.72. The standard InChI is InChI=1S/C17H29NO2/c1-4-6-11-20-16-9-7-8-15(12-16)17(19,10-5-2)14(3)13-18/h4,7-9,14-15,19H,1,5-6,10-13,18H2,2-3H3/p+1. The van der Waals surface area contributed by atoms with Gasteiger partial charge in [0.1, 0.15) is 0 Å². The van der Waals surface area contributed by atoms with Crippen LogP contribution in [0, 0.1) is 11.8 Å². The molecule has 0 aromatic heterocycles. The summed E-state index contributed by atoms with van der Waals surface area (Å²) in [5.74, 6) is 1.26. The molecule has 1 rings (SSSR count). The Morgan fingerprint density at radius 3 is 3.00 bits per heavy atom. The first kappa shape index (κ1) is 17.0. The van der Waals surface area contributed by atoms with E-state index in [2.05, 4.69) is 32.2 Å². The largest absolute Gasteiger partial charge is 0.498 e. The van der Waals surface area contributed by atoms with E-state index < -0.39 is 5.60 Å². The van der Waals surface area contributed by atoms with Crippen LogP contribution in [0.2, 0.25) is 0 Å². The Kier molecular flexibility index (Phi) is 7.03. The summed E-state index contributed by atoms with van der Waals surface area (Å²) in [5, 5.41) is 11.1. The molecule has 1 aliphatic carbocycles. The predicted molar refractivity (Wildman–Crippen MR) is 82.9 cm³/mol. The molecule has 20 heavy (non-hydrogen) atoms. The van der Waals surface area contributed by atoms with Crippen LogP contribution in [0.5, 0.6) is 0 Å². The zero-order valence-corrected chi connectivity index (χ0v) is 13.0. The van der Waals surface area contributed by atoms with Gasteiger partial charge in [0, 0.05) is 18.3 Å². The van der Waals surface area contributed by atoms with Crippen molar-refractivity contribution in [3.05, 3.63) is 36.6 Å². The fourth-order valence-electron chi connectivity index (χ4n) is 2.82. The minimum atomic E-state index is -0.686. The molecule has 0 spiro atoms. The van der Waals surface area contributed by atoms with Crippen LogP contribution >= 0.6 is 0 Å². The lowest BCUT2D eigenvalue weighted by Crippen LogP contribution is -2.60. The van der Waals surface area contributed by atoms with Gasteiger partial charge >= 0.3 is 0 Å². The van der Waals surface area contributed by atoms with Crippen LogP contribution in [0.25, 0.3) is 0 Å². The minimum absolute atomic E-state index is 0.114. The quantitative estimate of drug-likeness (QED) is 0.503. The van der Waals surface area contributed by atoms with E-state index >= 15 is 0 Å².